The predicted octanol–water partition coefficient (Wildman–Crippen LogP) is 4.60. The van der Waals surface area contributed by atoms with Crippen LogP contribution in [0.4, 0.5) is 11.4 Å². The van der Waals surface area contributed by atoms with Gasteiger partial charge in [0.25, 0.3) is 11.6 Å². The first-order chi connectivity index (χ1) is 11.3. The minimum Gasteiger partial charge on any atom is -0.363 e. The summed E-state index contributed by atoms with van der Waals surface area (Å²) in [5, 5.41) is 16.6. The number of anilines is 1. The maximum absolute atomic E-state index is 12.3. The van der Waals surface area contributed by atoms with Crippen LogP contribution in [0.15, 0.2) is 54.6 Å². The molecule has 2 aromatic carbocycles. The van der Waals surface area contributed by atoms with Crippen LogP contribution in [0.2, 0.25) is 0 Å². The van der Waals surface area contributed by atoms with Crippen molar-refractivity contribution >= 4 is 65.1 Å². The second-order valence-electron chi connectivity index (χ2n) is 4.76. The molecule has 1 amide bonds. The lowest BCUT2D eigenvalue weighted by Crippen LogP contribution is -2.48. The summed E-state index contributed by atoms with van der Waals surface area (Å²) in [6, 6.07) is 14.7. The second kappa shape index (κ2) is 8.09. The SMILES string of the molecule is O=C(N[C@@H](Nc1ccc([N+](=O)[O-])cc1)C(Br)(Br)Br)c1ccccc1. The van der Waals surface area contributed by atoms with Crippen LogP contribution >= 0.6 is 47.8 Å². The summed E-state index contributed by atoms with van der Waals surface area (Å²) in [7, 11) is 0. The van der Waals surface area contributed by atoms with Crippen LogP contribution < -0.4 is 10.6 Å². The maximum Gasteiger partial charge on any atom is 0.269 e. The fourth-order valence-electron chi connectivity index (χ4n) is 1.85. The van der Waals surface area contributed by atoms with E-state index >= 15 is 0 Å². The number of rotatable bonds is 5. The molecule has 0 aromatic heterocycles. The van der Waals surface area contributed by atoms with Gasteiger partial charge in [-0.1, -0.05) is 66.0 Å². The molecule has 0 radical (unpaired) electrons. The third kappa shape index (κ3) is 5.29. The van der Waals surface area contributed by atoms with Crippen molar-refractivity contribution in [3.05, 3.63) is 70.3 Å². The van der Waals surface area contributed by atoms with Gasteiger partial charge in [0.1, 0.15) is 6.17 Å². The minimum atomic E-state index is -0.820. The average molecular weight is 522 g/mol. The summed E-state index contributed by atoms with van der Waals surface area (Å²) in [6.45, 7) is 0. The molecule has 2 rings (SSSR count). The Labute approximate surface area is 163 Å². The molecular formula is C15H12Br3N3O3. The number of halogens is 3. The van der Waals surface area contributed by atoms with Gasteiger partial charge in [-0.15, -0.1) is 0 Å². The minimum absolute atomic E-state index is 0.00629. The first-order valence-corrected chi connectivity index (χ1v) is 9.09. The highest BCUT2D eigenvalue weighted by atomic mass is 80.0. The van der Waals surface area contributed by atoms with E-state index in [2.05, 4.69) is 58.4 Å². The van der Waals surface area contributed by atoms with Gasteiger partial charge in [-0.05, 0) is 24.3 Å². The lowest BCUT2D eigenvalue weighted by atomic mass is 10.2. The number of alkyl halides is 3. The van der Waals surface area contributed by atoms with Crippen molar-refractivity contribution in [2.24, 2.45) is 0 Å². The molecule has 0 aliphatic rings. The monoisotopic (exact) mass is 519 g/mol. The van der Waals surface area contributed by atoms with E-state index in [0.717, 1.165) is 0 Å². The molecule has 0 aliphatic heterocycles. The summed E-state index contributed by atoms with van der Waals surface area (Å²) in [5.41, 5.74) is 1.12. The van der Waals surface area contributed by atoms with E-state index in [0.29, 0.717) is 11.3 Å². The van der Waals surface area contributed by atoms with Crippen molar-refractivity contribution in [2.45, 2.75) is 8.31 Å². The number of carbonyl (C=O) groups excluding carboxylic acids is 1. The van der Waals surface area contributed by atoms with Crippen molar-refractivity contribution in [3.63, 3.8) is 0 Å². The van der Waals surface area contributed by atoms with Gasteiger partial charge in [-0.2, -0.15) is 0 Å². The zero-order valence-electron chi connectivity index (χ0n) is 12.1. The number of benzene rings is 2. The second-order valence-corrected chi connectivity index (χ2v) is 11.7. The van der Waals surface area contributed by atoms with Gasteiger partial charge in [-0.3, -0.25) is 14.9 Å². The highest BCUT2D eigenvalue weighted by Crippen LogP contribution is 2.37. The molecule has 0 aliphatic carbocycles. The van der Waals surface area contributed by atoms with E-state index in [1.54, 1.807) is 36.4 Å². The molecule has 126 valence electrons. The van der Waals surface area contributed by atoms with Crippen LogP contribution in [-0.4, -0.2) is 19.1 Å². The summed E-state index contributed by atoms with van der Waals surface area (Å²) in [4.78, 5) is 22.6. The molecule has 0 saturated carbocycles. The third-order valence-corrected chi connectivity index (χ3v) is 4.40. The predicted molar refractivity (Wildman–Crippen MR) is 104 cm³/mol. The number of nitro groups is 1. The van der Waals surface area contributed by atoms with Crippen LogP contribution in [-0.2, 0) is 0 Å². The summed E-state index contributed by atoms with van der Waals surface area (Å²) < 4.78 is -0.820. The quantitative estimate of drug-likeness (QED) is 0.261. The molecule has 0 spiro atoms. The number of amides is 1. The van der Waals surface area contributed by atoms with Gasteiger partial charge in [0, 0.05) is 23.4 Å². The zero-order chi connectivity index (χ0) is 17.7. The van der Waals surface area contributed by atoms with E-state index in [1.807, 2.05) is 6.07 Å². The molecule has 9 heteroatoms. The number of hydrogen-bond acceptors (Lipinski definition) is 4. The number of carbonyl (C=O) groups is 1. The van der Waals surface area contributed by atoms with Gasteiger partial charge < -0.3 is 10.6 Å². The van der Waals surface area contributed by atoms with Crippen molar-refractivity contribution in [3.8, 4) is 0 Å². The first-order valence-electron chi connectivity index (χ1n) is 6.71. The number of nitro benzene ring substituents is 1. The van der Waals surface area contributed by atoms with Gasteiger partial charge >= 0.3 is 0 Å². The van der Waals surface area contributed by atoms with Gasteiger partial charge in [-0.25, -0.2) is 0 Å². The van der Waals surface area contributed by atoms with E-state index in [4.69, 9.17) is 0 Å². The molecule has 0 bridgehead atoms. The van der Waals surface area contributed by atoms with E-state index in [1.165, 1.54) is 12.1 Å². The van der Waals surface area contributed by atoms with E-state index in [9.17, 15) is 14.9 Å². The molecule has 2 N–H and O–H groups in total. The van der Waals surface area contributed by atoms with E-state index < -0.39 is 13.2 Å². The number of nitrogens with zero attached hydrogens (tertiary/aromatic N) is 1. The zero-order valence-corrected chi connectivity index (χ0v) is 16.8. The van der Waals surface area contributed by atoms with Gasteiger partial charge in [0.2, 0.25) is 0 Å². The molecule has 6 nitrogen and oxygen atoms in total. The van der Waals surface area contributed by atoms with Crippen molar-refractivity contribution in [1.82, 2.24) is 5.32 Å². The lowest BCUT2D eigenvalue weighted by Gasteiger charge is -2.28. The van der Waals surface area contributed by atoms with Crippen LogP contribution in [0.3, 0.4) is 0 Å². The Kier molecular flexibility index (Phi) is 6.36. The van der Waals surface area contributed by atoms with Crippen LogP contribution in [0.1, 0.15) is 10.4 Å². The lowest BCUT2D eigenvalue weighted by molar-refractivity contribution is -0.384. The Morgan fingerprint density at radius 3 is 2.12 bits per heavy atom. The summed E-state index contributed by atoms with van der Waals surface area (Å²) in [5.74, 6) is -0.266. The molecule has 0 heterocycles. The van der Waals surface area contributed by atoms with Crippen LogP contribution in [0.25, 0.3) is 0 Å². The smallest absolute Gasteiger partial charge is 0.269 e. The normalized spacial score (nSPS) is 12.3. The third-order valence-electron chi connectivity index (χ3n) is 3.03. The molecule has 2 aromatic rings. The highest BCUT2D eigenvalue weighted by Gasteiger charge is 2.32. The number of non-ortho nitro benzene ring substituents is 1. The fourth-order valence-corrected chi connectivity index (χ4v) is 2.54. The number of nitrogens with one attached hydrogen (secondary N) is 2. The molecule has 24 heavy (non-hydrogen) atoms. The van der Waals surface area contributed by atoms with Crippen molar-refractivity contribution in [2.75, 3.05) is 5.32 Å². The Hall–Kier alpha value is -1.45. The van der Waals surface area contributed by atoms with Gasteiger partial charge in [0.15, 0.2) is 2.14 Å². The fraction of sp³-hybridized carbons (Fsp3) is 0.133. The standard InChI is InChI=1S/C15H12Br3N3O3/c16-15(17,18)14(20-13(22)10-4-2-1-3-5-10)19-11-6-8-12(9-7-11)21(23)24/h1-9,14,19H,(H,20,22)/t14-/m1/s1. The van der Waals surface area contributed by atoms with E-state index in [-0.39, 0.29) is 11.6 Å². The molecular weight excluding hydrogens is 510 g/mol. The Balaban J connectivity index is 2.14. The molecule has 1 atom stereocenters. The molecule has 0 fully saturated rings. The van der Waals surface area contributed by atoms with Gasteiger partial charge in [0.05, 0.1) is 4.92 Å². The topological polar surface area (TPSA) is 84.3 Å². The Morgan fingerprint density at radius 1 is 1.04 bits per heavy atom. The summed E-state index contributed by atoms with van der Waals surface area (Å²) >= 11 is 10.2. The molecule has 0 unspecified atom stereocenters. The van der Waals surface area contributed by atoms with Crippen molar-refractivity contribution in [1.29, 1.82) is 0 Å². The highest BCUT2D eigenvalue weighted by molar-refractivity contribution is 9.39. The Bertz CT molecular complexity index is 718. The van der Waals surface area contributed by atoms with Crippen LogP contribution in [0, 0.1) is 10.1 Å². The summed E-state index contributed by atoms with van der Waals surface area (Å²) in [6.07, 6.45) is -0.591. The van der Waals surface area contributed by atoms with Crippen molar-refractivity contribution < 1.29 is 9.72 Å². The average Bonchev–Trinajstić information content (AvgIpc) is 2.54. The maximum atomic E-state index is 12.3. The van der Waals surface area contributed by atoms with Crippen LogP contribution in [0.5, 0.6) is 0 Å². The first kappa shape index (κ1) is 18.9. The largest absolute Gasteiger partial charge is 0.363 e. The molecule has 0 saturated heterocycles. The Morgan fingerprint density at radius 2 is 1.62 bits per heavy atom. The number of hydrogen-bond donors (Lipinski definition) is 2.